The summed E-state index contributed by atoms with van der Waals surface area (Å²) in [6, 6.07) is 8.72. The third-order valence-corrected chi connectivity index (χ3v) is 4.90. The van der Waals surface area contributed by atoms with Gasteiger partial charge in [-0.15, -0.1) is 0 Å². The van der Waals surface area contributed by atoms with Gasteiger partial charge in [-0.1, -0.05) is 6.07 Å². The maximum atomic E-state index is 12.2. The van der Waals surface area contributed by atoms with E-state index in [0.29, 0.717) is 22.4 Å². The first kappa shape index (κ1) is 21.1. The summed E-state index contributed by atoms with van der Waals surface area (Å²) in [7, 11) is 1.28. The molecular weight excluding hydrogens is 386 g/mol. The summed E-state index contributed by atoms with van der Waals surface area (Å²) in [6.45, 7) is 5.34. The van der Waals surface area contributed by atoms with Gasteiger partial charge >= 0.3 is 11.9 Å². The van der Waals surface area contributed by atoms with Crippen LogP contribution in [0.25, 0.3) is 11.0 Å². The Morgan fingerprint density at radius 2 is 1.73 bits per heavy atom. The van der Waals surface area contributed by atoms with Crippen LogP contribution in [0.1, 0.15) is 32.6 Å². The number of amides is 1. The van der Waals surface area contributed by atoms with Gasteiger partial charge in [-0.05, 0) is 61.7 Å². The molecule has 0 saturated heterocycles. The topological polar surface area (TPSA) is 94.8 Å². The minimum atomic E-state index is -0.536. The second kappa shape index (κ2) is 8.82. The number of rotatable bonds is 6. The normalized spacial score (nSPS) is 10.7. The van der Waals surface area contributed by atoms with Crippen LogP contribution in [0, 0.1) is 20.8 Å². The highest BCUT2D eigenvalue weighted by atomic mass is 16.5. The second-order valence-corrected chi connectivity index (χ2v) is 7.10. The lowest BCUT2D eigenvalue weighted by atomic mass is 10.0. The highest BCUT2D eigenvalue weighted by Gasteiger charge is 2.15. The second-order valence-electron chi connectivity index (χ2n) is 7.10. The lowest BCUT2D eigenvalue weighted by molar-refractivity contribution is -0.146. The van der Waals surface area contributed by atoms with Crippen LogP contribution in [0.5, 0.6) is 0 Å². The maximum Gasteiger partial charge on any atom is 0.337 e. The standard InChI is InChI=1S/C23H23NO6/c1-13-5-6-16(23(27)28-4)9-19(13)24-21(25)12-30-22(26)10-17-11-29-20-8-15(3)14(2)7-18(17)20/h5-9,11H,10,12H2,1-4H3,(H,24,25). The summed E-state index contributed by atoms with van der Waals surface area (Å²) in [5.41, 5.74) is 5.15. The Hall–Kier alpha value is -3.61. The SMILES string of the molecule is COC(=O)c1ccc(C)c(NC(=O)COC(=O)Cc2coc3cc(C)c(C)cc23)c1. The largest absolute Gasteiger partial charge is 0.465 e. The predicted molar refractivity (Wildman–Crippen MR) is 111 cm³/mol. The quantitative estimate of drug-likeness (QED) is 0.621. The molecule has 0 radical (unpaired) electrons. The van der Waals surface area contributed by atoms with E-state index in [-0.39, 0.29) is 6.42 Å². The zero-order chi connectivity index (χ0) is 21.8. The first-order valence-corrected chi connectivity index (χ1v) is 9.40. The number of hydrogen-bond acceptors (Lipinski definition) is 6. The molecule has 0 spiro atoms. The van der Waals surface area contributed by atoms with Crippen molar-refractivity contribution < 1.29 is 28.3 Å². The molecule has 1 N–H and O–H groups in total. The molecule has 156 valence electrons. The van der Waals surface area contributed by atoms with Gasteiger partial charge < -0.3 is 19.2 Å². The van der Waals surface area contributed by atoms with Crippen molar-refractivity contribution in [3.05, 3.63) is 64.4 Å². The smallest absolute Gasteiger partial charge is 0.337 e. The van der Waals surface area contributed by atoms with Crippen LogP contribution in [0.3, 0.4) is 0 Å². The van der Waals surface area contributed by atoms with Gasteiger partial charge in [0.25, 0.3) is 5.91 Å². The van der Waals surface area contributed by atoms with E-state index in [1.165, 1.54) is 19.4 Å². The zero-order valence-corrected chi connectivity index (χ0v) is 17.3. The molecule has 1 amide bonds. The van der Waals surface area contributed by atoms with E-state index in [2.05, 4.69) is 10.1 Å². The Kier molecular flexibility index (Phi) is 6.20. The summed E-state index contributed by atoms with van der Waals surface area (Å²) < 4.78 is 15.3. The van der Waals surface area contributed by atoms with Crippen molar-refractivity contribution >= 4 is 34.5 Å². The van der Waals surface area contributed by atoms with Crippen molar-refractivity contribution in [2.45, 2.75) is 27.2 Å². The number of anilines is 1. The van der Waals surface area contributed by atoms with E-state index in [1.54, 1.807) is 19.1 Å². The molecule has 30 heavy (non-hydrogen) atoms. The van der Waals surface area contributed by atoms with Crippen LogP contribution in [0.4, 0.5) is 5.69 Å². The maximum absolute atomic E-state index is 12.2. The van der Waals surface area contributed by atoms with E-state index in [4.69, 9.17) is 9.15 Å². The molecule has 3 aromatic rings. The number of esters is 2. The Labute approximate surface area is 174 Å². The van der Waals surface area contributed by atoms with Gasteiger partial charge in [-0.3, -0.25) is 9.59 Å². The molecule has 0 aliphatic rings. The lowest BCUT2D eigenvalue weighted by Crippen LogP contribution is -2.22. The van der Waals surface area contributed by atoms with Crippen LogP contribution in [0.15, 0.2) is 41.0 Å². The minimum absolute atomic E-state index is 0.000363. The van der Waals surface area contributed by atoms with Crippen molar-refractivity contribution in [1.29, 1.82) is 0 Å². The lowest BCUT2D eigenvalue weighted by Gasteiger charge is -2.10. The Bertz CT molecular complexity index is 1130. The molecule has 0 fully saturated rings. The van der Waals surface area contributed by atoms with Crippen molar-refractivity contribution in [1.82, 2.24) is 0 Å². The number of aryl methyl sites for hydroxylation is 3. The van der Waals surface area contributed by atoms with E-state index in [0.717, 1.165) is 22.1 Å². The molecule has 1 heterocycles. The van der Waals surface area contributed by atoms with Crippen LogP contribution in [0.2, 0.25) is 0 Å². The van der Waals surface area contributed by atoms with Gasteiger partial charge in [0, 0.05) is 16.6 Å². The third-order valence-electron chi connectivity index (χ3n) is 4.90. The molecule has 3 rings (SSSR count). The average molecular weight is 409 g/mol. The molecule has 2 aromatic carbocycles. The summed E-state index contributed by atoms with van der Waals surface area (Å²) >= 11 is 0. The summed E-state index contributed by atoms with van der Waals surface area (Å²) in [5.74, 6) is -1.54. The predicted octanol–water partition coefficient (Wildman–Crippen LogP) is 3.87. The monoisotopic (exact) mass is 409 g/mol. The number of benzene rings is 2. The number of carbonyl (C=O) groups excluding carboxylic acids is 3. The minimum Gasteiger partial charge on any atom is -0.465 e. The number of fused-ring (bicyclic) bond motifs is 1. The Balaban J connectivity index is 1.60. The number of carbonyl (C=O) groups is 3. The zero-order valence-electron chi connectivity index (χ0n) is 17.3. The van der Waals surface area contributed by atoms with Gasteiger partial charge in [0.1, 0.15) is 5.58 Å². The van der Waals surface area contributed by atoms with Crippen LogP contribution < -0.4 is 5.32 Å². The fraction of sp³-hybridized carbons (Fsp3) is 0.261. The fourth-order valence-corrected chi connectivity index (χ4v) is 3.01. The fourth-order valence-electron chi connectivity index (χ4n) is 3.01. The summed E-state index contributed by atoms with van der Waals surface area (Å²) in [4.78, 5) is 36.1. The van der Waals surface area contributed by atoms with Crippen molar-refractivity contribution in [2.75, 3.05) is 19.0 Å². The van der Waals surface area contributed by atoms with Gasteiger partial charge in [0.05, 0.1) is 25.4 Å². The number of nitrogens with one attached hydrogen (secondary N) is 1. The molecule has 7 heteroatoms. The molecule has 7 nitrogen and oxygen atoms in total. The summed E-state index contributed by atoms with van der Waals surface area (Å²) in [6.07, 6.45) is 1.53. The van der Waals surface area contributed by atoms with E-state index < -0.39 is 24.5 Å². The Morgan fingerprint density at radius 1 is 1.00 bits per heavy atom. The van der Waals surface area contributed by atoms with Crippen molar-refractivity contribution in [3.8, 4) is 0 Å². The number of methoxy groups -OCH3 is 1. The van der Waals surface area contributed by atoms with Crippen LogP contribution >= 0.6 is 0 Å². The molecular formula is C23H23NO6. The van der Waals surface area contributed by atoms with Gasteiger partial charge in [0.2, 0.25) is 0 Å². The Morgan fingerprint density at radius 3 is 2.47 bits per heavy atom. The van der Waals surface area contributed by atoms with Crippen molar-refractivity contribution in [2.24, 2.45) is 0 Å². The van der Waals surface area contributed by atoms with E-state index in [9.17, 15) is 14.4 Å². The van der Waals surface area contributed by atoms with Crippen molar-refractivity contribution in [3.63, 3.8) is 0 Å². The third kappa shape index (κ3) is 4.68. The number of ether oxygens (including phenoxy) is 2. The molecule has 0 atom stereocenters. The highest BCUT2D eigenvalue weighted by Crippen LogP contribution is 2.25. The first-order valence-electron chi connectivity index (χ1n) is 9.40. The number of hydrogen-bond donors (Lipinski definition) is 1. The van der Waals surface area contributed by atoms with Gasteiger partial charge in [0.15, 0.2) is 6.61 Å². The molecule has 0 aliphatic carbocycles. The van der Waals surface area contributed by atoms with Crippen LogP contribution in [-0.4, -0.2) is 31.6 Å². The van der Waals surface area contributed by atoms with E-state index in [1.807, 2.05) is 26.0 Å². The molecule has 0 aliphatic heterocycles. The molecule has 0 unspecified atom stereocenters. The molecule has 0 bridgehead atoms. The first-order chi connectivity index (χ1) is 14.3. The van der Waals surface area contributed by atoms with Crippen LogP contribution in [-0.2, 0) is 25.5 Å². The molecule has 0 saturated carbocycles. The van der Waals surface area contributed by atoms with E-state index >= 15 is 0 Å². The average Bonchev–Trinajstić information content (AvgIpc) is 3.09. The molecule has 1 aromatic heterocycles. The summed E-state index contributed by atoms with van der Waals surface area (Å²) in [5, 5.41) is 3.50. The highest BCUT2D eigenvalue weighted by molar-refractivity contribution is 5.96. The van der Waals surface area contributed by atoms with Gasteiger partial charge in [-0.2, -0.15) is 0 Å². The number of furan rings is 1. The van der Waals surface area contributed by atoms with Gasteiger partial charge in [-0.25, -0.2) is 4.79 Å².